The maximum atomic E-state index is 10.7. The smallest absolute Gasteiger partial charge is 0.165 e. The van der Waals surface area contributed by atoms with Crippen LogP contribution in [-0.4, -0.2) is 34.9 Å². The molecule has 2 aliphatic heterocycles. The Labute approximate surface area is 199 Å². The molecule has 1 atom stereocenters. The molecule has 0 radical (unpaired) electrons. The van der Waals surface area contributed by atoms with Crippen molar-refractivity contribution in [2.45, 2.75) is 71.4 Å². The number of phenolic OH excluding ortho intramolecular Hbond substituents is 2. The zero-order valence-electron chi connectivity index (χ0n) is 19.1. The Kier molecular flexibility index (Phi) is 7.51. The zero-order chi connectivity index (χ0) is 22.7. The van der Waals surface area contributed by atoms with Gasteiger partial charge in [-0.15, -0.1) is 0 Å². The number of hydrogen-bond acceptors (Lipinski definition) is 5. The number of phenols is 2. The summed E-state index contributed by atoms with van der Waals surface area (Å²) in [5, 5.41) is 21.2. The molecule has 6 heteroatoms. The van der Waals surface area contributed by atoms with Gasteiger partial charge in [0.05, 0.1) is 13.2 Å². The van der Waals surface area contributed by atoms with Gasteiger partial charge in [0.1, 0.15) is 0 Å². The lowest BCUT2D eigenvalue weighted by molar-refractivity contribution is 0.155. The highest BCUT2D eigenvalue weighted by atomic mass is 79.9. The lowest BCUT2D eigenvalue weighted by atomic mass is 9.83. The van der Waals surface area contributed by atoms with Gasteiger partial charge < -0.3 is 19.7 Å². The molecule has 0 fully saturated rings. The number of nitrogens with zero attached hydrogens (tertiary/aromatic N) is 1. The van der Waals surface area contributed by atoms with Crippen LogP contribution in [0.15, 0.2) is 22.7 Å². The Morgan fingerprint density at radius 2 is 1.81 bits per heavy atom. The summed E-state index contributed by atoms with van der Waals surface area (Å²) in [6.45, 7) is 7.15. The maximum Gasteiger partial charge on any atom is 0.165 e. The van der Waals surface area contributed by atoms with Gasteiger partial charge in [0.2, 0.25) is 0 Å². The molecule has 0 spiro atoms. The van der Waals surface area contributed by atoms with E-state index >= 15 is 0 Å². The van der Waals surface area contributed by atoms with Gasteiger partial charge in [-0.05, 0) is 60.6 Å². The third-order valence-corrected chi connectivity index (χ3v) is 7.28. The minimum absolute atomic E-state index is 0.190. The van der Waals surface area contributed by atoms with Crippen molar-refractivity contribution in [1.29, 1.82) is 0 Å². The average molecular weight is 504 g/mol. The first-order valence-corrected chi connectivity index (χ1v) is 12.7. The van der Waals surface area contributed by atoms with Gasteiger partial charge in [0, 0.05) is 29.2 Å². The SMILES string of the molecule is CCCCCCOc1cc2c(cc1O)[C@@H]1Cc3c(Br)cc(O)c(OCCC)c3CN1CC2. The van der Waals surface area contributed by atoms with Crippen molar-refractivity contribution in [2.24, 2.45) is 0 Å². The molecule has 0 saturated heterocycles. The zero-order valence-corrected chi connectivity index (χ0v) is 20.7. The first-order valence-electron chi connectivity index (χ1n) is 11.9. The van der Waals surface area contributed by atoms with E-state index in [0.29, 0.717) is 24.7 Å². The van der Waals surface area contributed by atoms with Gasteiger partial charge in [0.25, 0.3) is 0 Å². The number of benzene rings is 2. The molecule has 0 unspecified atom stereocenters. The Morgan fingerprint density at radius 1 is 0.969 bits per heavy atom. The second-order valence-corrected chi connectivity index (χ2v) is 9.73. The van der Waals surface area contributed by atoms with Crippen LogP contribution >= 0.6 is 15.9 Å². The van der Waals surface area contributed by atoms with Gasteiger partial charge in [-0.1, -0.05) is 49.0 Å². The third kappa shape index (κ3) is 4.72. The molecule has 5 nitrogen and oxygen atoms in total. The highest BCUT2D eigenvalue weighted by Gasteiger charge is 2.36. The fourth-order valence-electron chi connectivity index (χ4n) is 4.88. The van der Waals surface area contributed by atoms with Crippen molar-refractivity contribution >= 4 is 15.9 Å². The quantitative estimate of drug-likeness (QED) is 0.395. The molecule has 2 heterocycles. The topological polar surface area (TPSA) is 62.2 Å². The van der Waals surface area contributed by atoms with Crippen LogP contribution in [0.1, 0.15) is 74.2 Å². The fraction of sp³-hybridized carbons (Fsp3) is 0.538. The Bertz CT molecular complexity index is 962. The minimum Gasteiger partial charge on any atom is -0.504 e. The highest BCUT2D eigenvalue weighted by molar-refractivity contribution is 9.10. The molecule has 2 aromatic carbocycles. The van der Waals surface area contributed by atoms with E-state index in [0.717, 1.165) is 55.2 Å². The second kappa shape index (κ2) is 10.3. The van der Waals surface area contributed by atoms with Crippen molar-refractivity contribution in [3.8, 4) is 23.0 Å². The Morgan fingerprint density at radius 3 is 2.59 bits per heavy atom. The van der Waals surface area contributed by atoms with E-state index in [4.69, 9.17) is 9.47 Å². The molecular weight excluding hydrogens is 470 g/mol. The lowest BCUT2D eigenvalue weighted by Gasteiger charge is -2.42. The highest BCUT2D eigenvalue weighted by Crippen LogP contribution is 2.47. The summed E-state index contributed by atoms with van der Waals surface area (Å²) in [7, 11) is 0. The van der Waals surface area contributed by atoms with Crippen molar-refractivity contribution in [2.75, 3.05) is 19.8 Å². The van der Waals surface area contributed by atoms with Gasteiger partial charge in [-0.2, -0.15) is 0 Å². The molecule has 2 aromatic rings. The molecule has 2 N–H and O–H groups in total. The van der Waals surface area contributed by atoms with E-state index in [1.165, 1.54) is 29.5 Å². The minimum atomic E-state index is 0.190. The van der Waals surface area contributed by atoms with Crippen LogP contribution in [0.2, 0.25) is 0 Å². The van der Waals surface area contributed by atoms with Gasteiger partial charge in [-0.3, -0.25) is 4.90 Å². The van der Waals surface area contributed by atoms with Gasteiger partial charge in [0.15, 0.2) is 23.0 Å². The Hall–Kier alpha value is -1.92. The molecule has 0 aliphatic carbocycles. The van der Waals surface area contributed by atoms with Crippen LogP contribution in [0, 0.1) is 0 Å². The molecule has 174 valence electrons. The number of unbranched alkanes of at least 4 members (excludes halogenated alkanes) is 3. The maximum absolute atomic E-state index is 10.7. The summed E-state index contributed by atoms with van der Waals surface area (Å²) in [6.07, 6.45) is 7.21. The number of rotatable bonds is 9. The van der Waals surface area contributed by atoms with Crippen LogP contribution in [0.25, 0.3) is 0 Å². The van der Waals surface area contributed by atoms with Crippen LogP contribution in [-0.2, 0) is 19.4 Å². The molecule has 0 saturated carbocycles. The van der Waals surface area contributed by atoms with E-state index in [2.05, 4.69) is 34.7 Å². The molecule has 0 bridgehead atoms. The van der Waals surface area contributed by atoms with E-state index in [9.17, 15) is 10.2 Å². The molecule has 2 aliphatic rings. The number of hydrogen-bond donors (Lipinski definition) is 2. The van der Waals surface area contributed by atoms with Gasteiger partial charge in [-0.25, -0.2) is 0 Å². The summed E-state index contributed by atoms with van der Waals surface area (Å²) >= 11 is 3.66. The van der Waals surface area contributed by atoms with Crippen LogP contribution in [0.4, 0.5) is 0 Å². The Balaban J connectivity index is 1.58. The summed E-state index contributed by atoms with van der Waals surface area (Å²) < 4.78 is 12.8. The molecule has 4 rings (SSSR count). The number of aromatic hydroxyl groups is 2. The normalized spacial score (nSPS) is 17.4. The van der Waals surface area contributed by atoms with Crippen LogP contribution in [0.5, 0.6) is 23.0 Å². The van der Waals surface area contributed by atoms with Crippen LogP contribution < -0.4 is 9.47 Å². The standard InChI is InChI=1S/C26H34BrNO4/c1-3-5-6-7-11-31-25-12-17-8-9-28-16-20-19(13-22(28)18(17)14-23(25)29)21(27)15-24(30)26(20)32-10-4-2/h12,14-15,22,29-30H,3-11,13,16H2,1-2H3/t22-/m0/s1. The first-order chi connectivity index (χ1) is 15.5. The van der Waals surface area contributed by atoms with E-state index in [-0.39, 0.29) is 17.5 Å². The predicted molar refractivity (Wildman–Crippen MR) is 130 cm³/mol. The largest absolute Gasteiger partial charge is 0.504 e. The monoisotopic (exact) mass is 503 g/mol. The van der Waals surface area contributed by atoms with Gasteiger partial charge >= 0.3 is 0 Å². The predicted octanol–water partition coefficient (Wildman–Crippen LogP) is 6.26. The molecule has 0 aromatic heterocycles. The second-order valence-electron chi connectivity index (χ2n) is 8.88. The van der Waals surface area contributed by atoms with E-state index in [1.807, 2.05) is 12.1 Å². The molecule has 32 heavy (non-hydrogen) atoms. The lowest BCUT2D eigenvalue weighted by Crippen LogP contribution is -2.39. The summed E-state index contributed by atoms with van der Waals surface area (Å²) in [4.78, 5) is 2.43. The molecule has 0 amide bonds. The fourth-order valence-corrected chi connectivity index (χ4v) is 5.50. The van der Waals surface area contributed by atoms with Crippen molar-refractivity contribution < 1.29 is 19.7 Å². The summed E-state index contributed by atoms with van der Waals surface area (Å²) in [5.74, 6) is 1.64. The number of halogens is 1. The van der Waals surface area contributed by atoms with Crippen molar-refractivity contribution in [1.82, 2.24) is 4.90 Å². The average Bonchev–Trinajstić information content (AvgIpc) is 2.78. The van der Waals surface area contributed by atoms with Crippen molar-refractivity contribution in [3.63, 3.8) is 0 Å². The van der Waals surface area contributed by atoms with E-state index in [1.54, 1.807) is 6.07 Å². The van der Waals surface area contributed by atoms with E-state index < -0.39 is 0 Å². The number of fused-ring (bicyclic) bond motifs is 4. The number of ether oxygens (including phenoxy) is 2. The first kappa shape index (κ1) is 23.2. The van der Waals surface area contributed by atoms with Crippen LogP contribution in [0.3, 0.4) is 0 Å². The van der Waals surface area contributed by atoms with Crippen molar-refractivity contribution in [3.05, 3.63) is 44.9 Å². The molecular formula is C26H34BrNO4. The summed E-state index contributed by atoms with van der Waals surface area (Å²) in [5.41, 5.74) is 4.68. The summed E-state index contributed by atoms with van der Waals surface area (Å²) in [6, 6.07) is 5.88. The third-order valence-electron chi connectivity index (χ3n) is 6.58.